The highest BCUT2D eigenvalue weighted by molar-refractivity contribution is 6.30. The van der Waals surface area contributed by atoms with Crippen LogP contribution < -0.4 is 20.7 Å². The van der Waals surface area contributed by atoms with E-state index in [1.54, 1.807) is 12.3 Å². The molecule has 1 saturated carbocycles. The van der Waals surface area contributed by atoms with Crippen LogP contribution in [0.2, 0.25) is 5.02 Å². The van der Waals surface area contributed by atoms with Crippen LogP contribution in [0.3, 0.4) is 0 Å². The summed E-state index contributed by atoms with van der Waals surface area (Å²) in [5.74, 6) is -0.729. The van der Waals surface area contributed by atoms with Gasteiger partial charge in [0.1, 0.15) is 11.9 Å². The van der Waals surface area contributed by atoms with Crippen molar-refractivity contribution in [3.05, 3.63) is 52.8 Å². The fraction of sp³-hybridized carbons (Fsp3) is 0.481. The molecule has 4 N–H and O–H groups in total. The molecule has 0 bridgehead atoms. The number of benzene rings is 1. The average Bonchev–Trinajstić information content (AvgIpc) is 3.50. The van der Waals surface area contributed by atoms with E-state index < -0.39 is 24.3 Å². The number of aromatic nitrogens is 4. The molecule has 3 aromatic rings. The highest BCUT2D eigenvalue weighted by Crippen LogP contribution is 2.43. The number of rotatable bonds is 7. The van der Waals surface area contributed by atoms with Crippen LogP contribution in [0, 0.1) is 5.41 Å². The van der Waals surface area contributed by atoms with Crippen molar-refractivity contribution in [1.29, 1.82) is 0 Å². The summed E-state index contributed by atoms with van der Waals surface area (Å²) in [6, 6.07) is 6.67. The summed E-state index contributed by atoms with van der Waals surface area (Å²) >= 11 is 6.18. The molecule has 2 atom stereocenters. The van der Waals surface area contributed by atoms with Gasteiger partial charge >= 0.3 is 12.1 Å². The Morgan fingerprint density at radius 3 is 2.61 bits per heavy atom. The molecule has 0 amide bonds. The van der Waals surface area contributed by atoms with Gasteiger partial charge in [-0.1, -0.05) is 17.7 Å². The molecule has 6 rings (SSSR count). The van der Waals surface area contributed by atoms with Gasteiger partial charge in [-0.25, -0.2) is 4.68 Å². The molecule has 2 aromatic heterocycles. The third-order valence-corrected chi connectivity index (χ3v) is 8.41. The number of piperidine rings is 1. The first-order chi connectivity index (χ1) is 19.5. The minimum atomic E-state index is -4.80. The van der Waals surface area contributed by atoms with Crippen LogP contribution in [0.5, 0.6) is 5.88 Å². The Kier molecular flexibility index (Phi) is 6.97. The number of nitrogens with zero attached hydrogens (tertiary/aromatic N) is 5. The lowest BCUT2D eigenvalue weighted by atomic mass is 9.76. The quantitative estimate of drug-likeness (QED) is 0.364. The zero-order valence-electron chi connectivity index (χ0n) is 21.9. The second-order valence-corrected chi connectivity index (χ2v) is 11.5. The second kappa shape index (κ2) is 10.4. The van der Waals surface area contributed by atoms with Gasteiger partial charge in [-0.15, -0.1) is 0 Å². The Hall–Kier alpha value is -3.58. The number of halogens is 4. The van der Waals surface area contributed by atoms with Crippen LogP contribution in [-0.2, 0) is 4.79 Å². The van der Waals surface area contributed by atoms with Crippen molar-refractivity contribution < 1.29 is 27.8 Å². The summed E-state index contributed by atoms with van der Waals surface area (Å²) in [5, 5.41) is 17.2. The number of carboxylic acid groups (broad SMARTS) is 1. The summed E-state index contributed by atoms with van der Waals surface area (Å²) in [5.41, 5.74) is 6.58. The van der Waals surface area contributed by atoms with E-state index in [2.05, 4.69) is 20.4 Å². The van der Waals surface area contributed by atoms with Gasteiger partial charge in [0.05, 0.1) is 11.4 Å². The number of ether oxygens (including phenoxy) is 1. The lowest BCUT2D eigenvalue weighted by Gasteiger charge is -2.39. The number of nitrogens with two attached hydrogens (primary N) is 1. The van der Waals surface area contributed by atoms with E-state index >= 15 is 0 Å². The van der Waals surface area contributed by atoms with E-state index in [4.69, 9.17) is 22.1 Å². The van der Waals surface area contributed by atoms with Gasteiger partial charge in [0.2, 0.25) is 17.9 Å². The van der Waals surface area contributed by atoms with E-state index in [0.717, 1.165) is 18.5 Å². The topological polar surface area (TPSA) is 131 Å². The van der Waals surface area contributed by atoms with Crippen LogP contribution >= 0.6 is 11.6 Å². The number of hydrogen-bond donors (Lipinski definition) is 3. The van der Waals surface area contributed by atoms with Gasteiger partial charge in [0, 0.05) is 48.4 Å². The molecule has 2 aliphatic heterocycles. The molecular formula is C27H29ClF3N7O3. The maximum absolute atomic E-state index is 14.5. The number of aliphatic carboxylic acids is 1. The minimum absolute atomic E-state index is 0.143. The zero-order valence-corrected chi connectivity index (χ0v) is 22.7. The number of anilines is 2. The standard InChI is InChI=1S/C27H29ClF3N7O3/c28-16-3-4-17(20(11-16)38-8-5-18(36-38)15-1-2-15)23(27(29,30)31)41-22-12-21(34-25(32)35-22)37-9-6-26(7-10-37)13-19(24(39)40)33-14-26/h3-5,8,11-12,15,19,23,33H,1-2,6-7,9-10,13-14H2,(H,39,40)(H2,32,34,35)/t19?,23-/m1/s1. The van der Waals surface area contributed by atoms with Gasteiger partial charge in [0.15, 0.2) is 0 Å². The van der Waals surface area contributed by atoms with Gasteiger partial charge in [-0.2, -0.15) is 28.2 Å². The highest BCUT2D eigenvalue weighted by Gasteiger charge is 2.46. The number of carboxylic acids is 1. The number of alkyl halides is 3. The maximum atomic E-state index is 14.5. The molecule has 218 valence electrons. The number of nitrogens with one attached hydrogen (secondary N) is 1. The molecular weight excluding hydrogens is 563 g/mol. The summed E-state index contributed by atoms with van der Waals surface area (Å²) in [4.78, 5) is 21.5. The van der Waals surface area contributed by atoms with Gasteiger partial charge in [-0.05, 0) is 55.7 Å². The fourth-order valence-electron chi connectivity index (χ4n) is 5.77. The summed E-state index contributed by atoms with van der Waals surface area (Å²) < 4.78 is 50.5. The van der Waals surface area contributed by atoms with Crippen LogP contribution in [-0.4, -0.2) is 62.7 Å². The molecule has 1 aromatic carbocycles. The molecule has 1 spiro atoms. The molecule has 3 aliphatic rings. The molecule has 41 heavy (non-hydrogen) atoms. The van der Waals surface area contributed by atoms with E-state index in [-0.39, 0.29) is 33.5 Å². The number of carbonyl (C=O) groups is 1. The molecule has 10 nitrogen and oxygen atoms in total. The highest BCUT2D eigenvalue weighted by atomic mass is 35.5. The summed E-state index contributed by atoms with van der Waals surface area (Å²) in [6.45, 7) is 1.68. The van der Waals surface area contributed by atoms with Crippen molar-refractivity contribution in [2.24, 2.45) is 5.41 Å². The Bertz CT molecular complexity index is 1450. The summed E-state index contributed by atoms with van der Waals surface area (Å²) in [6.07, 6.45) is -1.61. The lowest BCUT2D eigenvalue weighted by Crippen LogP contribution is -2.41. The zero-order chi connectivity index (χ0) is 28.9. The van der Waals surface area contributed by atoms with Crippen molar-refractivity contribution in [2.45, 2.75) is 56.3 Å². The van der Waals surface area contributed by atoms with Crippen molar-refractivity contribution >= 4 is 29.3 Å². The molecule has 14 heteroatoms. The Morgan fingerprint density at radius 2 is 1.95 bits per heavy atom. The first kappa shape index (κ1) is 27.6. The maximum Gasteiger partial charge on any atom is 0.429 e. The minimum Gasteiger partial charge on any atom is -0.480 e. The van der Waals surface area contributed by atoms with Crippen LogP contribution in [0.1, 0.15) is 55.4 Å². The third-order valence-electron chi connectivity index (χ3n) is 8.18. The van der Waals surface area contributed by atoms with Crippen LogP contribution in [0.15, 0.2) is 36.5 Å². The van der Waals surface area contributed by atoms with Crippen molar-refractivity contribution in [3.63, 3.8) is 0 Å². The molecule has 1 unspecified atom stereocenters. The third kappa shape index (κ3) is 5.78. The fourth-order valence-corrected chi connectivity index (χ4v) is 5.94. The van der Waals surface area contributed by atoms with Crippen LogP contribution in [0.25, 0.3) is 5.69 Å². The molecule has 2 saturated heterocycles. The first-order valence-corrected chi connectivity index (χ1v) is 13.8. The van der Waals surface area contributed by atoms with Gasteiger partial charge in [0.25, 0.3) is 0 Å². The largest absolute Gasteiger partial charge is 0.480 e. The molecule has 3 fully saturated rings. The van der Waals surface area contributed by atoms with Crippen molar-refractivity contribution in [1.82, 2.24) is 25.1 Å². The van der Waals surface area contributed by atoms with E-state index in [1.807, 2.05) is 4.90 Å². The average molecular weight is 592 g/mol. The number of hydrogen-bond acceptors (Lipinski definition) is 8. The lowest BCUT2D eigenvalue weighted by molar-refractivity contribution is -0.198. The monoisotopic (exact) mass is 591 g/mol. The molecule has 4 heterocycles. The summed E-state index contributed by atoms with van der Waals surface area (Å²) in [7, 11) is 0. The Labute approximate surface area is 238 Å². The molecule has 0 radical (unpaired) electrons. The normalized spacial score (nSPS) is 21.3. The van der Waals surface area contributed by atoms with E-state index in [0.29, 0.717) is 50.6 Å². The Balaban J connectivity index is 1.25. The van der Waals surface area contributed by atoms with Crippen molar-refractivity contribution in [2.75, 3.05) is 30.3 Å². The predicted octanol–water partition coefficient (Wildman–Crippen LogP) is 4.49. The SMILES string of the molecule is Nc1nc(O[C@H](c2ccc(Cl)cc2-n2ccc(C3CC3)n2)C(F)(F)F)cc(N2CCC3(CC2)CNC(C(=O)O)C3)n1. The predicted molar refractivity (Wildman–Crippen MR) is 144 cm³/mol. The first-order valence-electron chi connectivity index (χ1n) is 13.4. The second-order valence-electron chi connectivity index (χ2n) is 11.1. The van der Waals surface area contributed by atoms with E-state index in [1.165, 1.54) is 28.9 Å². The van der Waals surface area contributed by atoms with Gasteiger partial charge in [-0.3, -0.25) is 4.79 Å². The number of nitrogen functional groups attached to an aromatic ring is 1. The molecule has 1 aliphatic carbocycles. The van der Waals surface area contributed by atoms with E-state index in [9.17, 15) is 23.1 Å². The van der Waals surface area contributed by atoms with Crippen LogP contribution in [0.4, 0.5) is 24.9 Å². The van der Waals surface area contributed by atoms with Gasteiger partial charge < -0.3 is 25.8 Å². The smallest absolute Gasteiger partial charge is 0.429 e. The van der Waals surface area contributed by atoms with Crippen molar-refractivity contribution in [3.8, 4) is 11.6 Å². The Morgan fingerprint density at radius 1 is 1.20 bits per heavy atom.